The maximum Gasteiger partial charge on any atom is 0.222 e. The Morgan fingerprint density at radius 1 is 1.03 bits per heavy atom. The lowest BCUT2D eigenvalue weighted by Crippen LogP contribution is -2.22. The van der Waals surface area contributed by atoms with E-state index in [9.17, 15) is 0 Å². The molecule has 0 aliphatic heterocycles. The number of fused-ring (bicyclic) bond motifs is 3. The number of pyridine rings is 2. The molecule has 29 heavy (non-hydrogen) atoms. The van der Waals surface area contributed by atoms with Crippen LogP contribution in [-0.4, -0.2) is 46.2 Å². The third kappa shape index (κ3) is 4.13. The average molecular weight is 407 g/mol. The number of hydrogen-bond donors (Lipinski definition) is 1. The van der Waals surface area contributed by atoms with Crippen LogP contribution < -0.4 is 5.32 Å². The Bertz CT molecular complexity index is 1130. The number of rotatable bonds is 7. The van der Waals surface area contributed by atoms with Gasteiger partial charge in [0.1, 0.15) is 12.4 Å². The second-order valence-corrected chi connectivity index (χ2v) is 13.9. The average Bonchev–Trinajstić information content (AvgIpc) is 3.04. The van der Waals surface area contributed by atoms with Gasteiger partial charge in [0.2, 0.25) is 5.95 Å². The van der Waals surface area contributed by atoms with E-state index in [-0.39, 0.29) is 0 Å². The van der Waals surface area contributed by atoms with E-state index in [2.05, 4.69) is 50.5 Å². The zero-order chi connectivity index (χ0) is 20.4. The van der Waals surface area contributed by atoms with E-state index in [1.54, 1.807) is 19.4 Å². The van der Waals surface area contributed by atoms with E-state index in [1.165, 1.54) is 0 Å². The molecule has 0 aliphatic carbocycles. The molecular formula is C21H26N6OSi. The van der Waals surface area contributed by atoms with Crippen molar-refractivity contribution in [3.8, 4) is 11.3 Å². The van der Waals surface area contributed by atoms with Crippen LogP contribution in [-0.2, 0) is 11.5 Å². The fourth-order valence-corrected chi connectivity index (χ4v) is 3.98. The molecule has 8 heteroatoms. The van der Waals surface area contributed by atoms with Gasteiger partial charge in [-0.3, -0.25) is 4.98 Å². The van der Waals surface area contributed by atoms with Crippen LogP contribution in [0.5, 0.6) is 0 Å². The fraction of sp³-hybridized carbons (Fsp3) is 0.333. The molecule has 0 unspecified atom stereocenters. The predicted octanol–water partition coefficient (Wildman–Crippen LogP) is 4.40. The van der Waals surface area contributed by atoms with Gasteiger partial charge in [-0.1, -0.05) is 19.6 Å². The van der Waals surface area contributed by atoms with Crippen molar-refractivity contribution in [2.45, 2.75) is 32.4 Å². The van der Waals surface area contributed by atoms with Crippen molar-refractivity contribution in [2.75, 3.05) is 19.0 Å². The van der Waals surface area contributed by atoms with Crippen molar-refractivity contribution in [3.05, 3.63) is 43.0 Å². The molecule has 0 aliphatic rings. The van der Waals surface area contributed by atoms with Crippen LogP contribution in [0, 0.1) is 0 Å². The molecule has 0 atom stereocenters. The van der Waals surface area contributed by atoms with Crippen LogP contribution in [0.2, 0.25) is 25.7 Å². The molecule has 4 heterocycles. The SMILES string of the molecule is CNc1ncc(-c2ccc3c4cnccc4n(COCC[Si](C)(C)C)c3n2)cn1. The standard InChI is InChI=1S/C21H26N6OSi/c1-22-21-24-11-15(12-25-21)18-6-5-16-17-13-23-8-7-19(17)27(20(16)26-18)14-28-9-10-29(2,3)4/h5-8,11-13H,9-10,14H2,1-4H3,(H,22,24,25). The van der Waals surface area contributed by atoms with Gasteiger partial charge in [0.25, 0.3) is 0 Å². The Labute approximate surface area is 171 Å². The first kappa shape index (κ1) is 19.5. The number of hydrogen-bond acceptors (Lipinski definition) is 6. The van der Waals surface area contributed by atoms with E-state index in [0.29, 0.717) is 12.7 Å². The van der Waals surface area contributed by atoms with Crippen LogP contribution in [0.3, 0.4) is 0 Å². The molecule has 150 valence electrons. The zero-order valence-corrected chi connectivity index (χ0v) is 18.3. The number of ether oxygens (including phenoxy) is 1. The van der Waals surface area contributed by atoms with Crippen LogP contribution >= 0.6 is 0 Å². The quantitative estimate of drug-likeness (QED) is 0.362. The van der Waals surface area contributed by atoms with Crippen LogP contribution in [0.25, 0.3) is 33.2 Å². The highest BCUT2D eigenvalue weighted by atomic mass is 28.3. The summed E-state index contributed by atoms with van der Waals surface area (Å²) in [5, 5.41) is 5.08. The minimum Gasteiger partial charge on any atom is -0.361 e. The van der Waals surface area contributed by atoms with Crippen LogP contribution in [0.4, 0.5) is 5.95 Å². The van der Waals surface area contributed by atoms with Gasteiger partial charge < -0.3 is 14.6 Å². The molecule has 0 spiro atoms. The van der Waals surface area contributed by atoms with E-state index in [4.69, 9.17) is 9.72 Å². The Kier molecular flexibility index (Phi) is 5.29. The molecular weight excluding hydrogens is 380 g/mol. The highest BCUT2D eigenvalue weighted by molar-refractivity contribution is 6.76. The smallest absolute Gasteiger partial charge is 0.222 e. The van der Waals surface area contributed by atoms with Crippen molar-refractivity contribution in [2.24, 2.45) is 0 Å². The topological polar surface area (TPSA) is 77.8 Å². The first-order valence-corrected chi connectivity index (χ1v) is 13.5. The lowest BCUT2D eigenvalue weighted by molar-refractivity contribution is 0.0926. The van der Waals surface area contributed by atoms with Gasteiger partial charge in [0, 0.05) is 62.9 Å². The van der Waals surface area contributed by atoms with Crippen molar-refractivity contribution < 1.29 is 4.74 Å². The summed E-state index contributed by atoms with van der Waals surface area (Å²) in [5.41, 5.74) is 3.67. The summed E-state index contributed by atoms with van der Waals surface area (Å²) in [6.07, 6.45) is 7.27. The largest absolute Gasteiger partial charge is 0.361 e. The van der Waals surface area contributed by atoms with Crippen LogP contribution in [0.1, 0.15) is 0 Å². The first-order valence-electron chi connectivity index (χ1n) is 9.77. The molecule has 0 fully saturated rings. The summed E-state index contributed by atoms with van der Waals surface area (Å²) in [6.45, 7) is 8.31. The molecule has 1 N–H and O–H groups in total. The zero-order valence-electron chi connectivity index (χ0n) is 17.3. The fourth-order valence-electron chi connectivity index (χ4n) is 3.22. The van der Waals surface area contributed by atoms with Gasteiger partial charge in [-0.15, -0.1) is 0 Å². The number of nitrogens with one attached hydrogen (secondary N) is 1. The minimum absolute atomic E-state index is 0.472. The van der Waals surface area contributed by atoms with Crippen molar-refractivity contribution in [1.82, 2.24) is 24.5 Å². The molecule has 0 radical (unpaired) electrons. The Morgan fingerprint density at radius 2 is 1.83 bits per heavy atom. The molecule has 0 saturated carbocycles. The summed E-state index contributed by atoms with van der Waals surface area (Å²) >= 11 is 0. The Balaban J connectivity index is 1.72. The molecule has 7 nitrogen and oxygen atoms in total. The minimum atomic E-state index is -1.13. The lowest BCUT2D eigenvalue weighted by Gasteiger charge is -2.16. The maximum atomic E-state index is 6.05. The van der Waals surface area contributed by atoms with Gasteiger partial charge >= 0.3 is 0 Å². The second kappa shape index (κ2) is 7.88. The van der Waals surface area contributed by atoms with E-state index in [1.807, 2.05) is 24.5 Å². The molecule has 0 saturated heterocycles. The maximum absolute atomic E-state index is 6.05. The number of aromatic nitrogens is 5. The normalized spacial score (nSPS) is 12.0. The third-order valence-corrected chi connectivity index (χ3v) is 6.60. The van der Waals surface area contributed by atoms with Gasteiger partial charge in [0.05, 0.1) is 11.2 Å². The summed E-state index contributed by atoms with van der Waals surface area (Å²) < 4.78 is 8.18. The van der Waals surface area contributed by atoms with Crippen molar-refractivity contribution >= 4 is 36.0 Å². The summed E-state index contributed by atoms with van der Waals surface area (Å²) in [6, 6.07) is 7.25. The highest BCUT2D eigenvalue weighted by Crippen LogP contribution is 2.29. The number of anilines is 1. The molecule has 4 aromatic heterocycles. The molecule has 0 aromatic carbocycles. The van der Waals surface area contributed by atoms with E-state index >= 15 is 0 Å². The van der Waals surface area contributed by atoms with Crippen molar-refractivity contribution in [3.63, 3.8) is 0 Å². The van der Waals surface area contributed by atoms with Crippen LogP contribution in [0.15, 0.2) is 43.0 Å². The van der Waals surface area contributed by atoms with Gasteiger partial charge in [-0.25, -0.2) is 15.0 Å². The molecule has 0 amide bonds. The molecule has 4 aromatic rings. The van der Waals surface area contributed by atoms with Gasteiger partial charge in [-0.2, -0.15) is 0 Å². The summed E-state index contributed by atoms with van der Waals surface area (Å²) in [7, 11) is 0.673. The van der Waals surface area contributed by atoms with E-state index < -0.39 is 8.07 Å². The first-order chi connectivity index (χ1) is 14.0. The van der Waals surface area contributed by atoms with Crippen molar-refractivity contribution in [1.29, 1.82) is 0 Å². The monoisotopic (exact) mass is 406 g/mol. The summed E-state index contributed by atoms with van der Waals surface area (Å²) in [5.74, 6) is 0.589. The van der Waals surface area contributed by atoms with Gasteiger partial charge in [-0.05, 0) is 24.2 Å². The van der Waals surface area contributed by atoms with E-state index in [0.717, 1.165) is 45.8 Å². The lowest BCUT2D eigenvalue weighted by atomic mass is 10.2. The number of nitrogens with zero attached hydrogens (tertiary/aromatic N) is 5. The highest BCUT2D eigenvalue weighted by Gasteiger charge is 2.15. The third-order valence-electron chi connectivity index (χ3n) is 4.90. The molecule has 4 rings (SSSR count). The Morgan fingerprint density at radius 3 is 2.55 bits per heavy atom. The predicted molar refractivity (Wildman–Crippen MR) is 120 cm³/mol. The summed E-state index contributed by atoms with van der Waals surface area (Å²) in [4.78, 5) is 17.8. The second-order valence-electron chi connectivity index (χ2n) is 8.28. The molecule has 0 bridgehead atoms. The van der Waals surface area contributed by atoms with Gasteiger partial charge in [0.15, 0.2) is 0 Å². The Hall–Kier alpha value is -2.84.